The Kier molecular flexibility index (Phi) is 13.1. The Labute approximate surface area is 167 Å². The van der Waals surface area contributed by atoms with Gasteiger partial charge in [0.05, 0.1) is 17.9 Å². The highest BCUT2D eigenvalue weighted by molar-refractivity contribution is 6.32. The molecule has 0 fully saturated rings. The molecule has 1 aromatic rings. The van der Waals surface area contributed by atoms with Gasteiger partial charge in [-0.15, -0.1) is 0 Å². The van der Waals surface area contributed by atoms with E-state index in [2.05, 4.69) is 6.92 Å². The third-order valence-electron chi connectivity index (χ3n) is 4.08. The van der Waals surface area contributed by atoms with E-state index in [4.69, 9.17) is 21.1 Å². The molecular weight excluding hydrogens is 364 g/mol. The van der Waals surface area contributed by atoms with E-state index in [0.717, 1.165) is 6.42 Å². The molecular formula is C22H31ClO4. The smallest absolute Gasteiger partial charge is 0.311 e. The zero-order valence-corrected chi connectivity index (χ0v) is 17.0. The maximum atomic E-state index is 11.7. The van der Waals surface area contributed by atoms with Gasteiger partial charge in [0.1, 0.15) is 12.4 Å². The van der Waals surface area contributed by atoms with Crippen LogP contribution < -0.4 is 4.74 Å². The Morgan fingerprint density at radius 3 is 2.33 bits per heavy atom. The molecule has 4 nitrogen and oxygen atoms in total. The molecule has 0 N–H and O–H groups in total. The molecule has 0 aromatic heterocycles. The van der Waals surface area contributed by atoms with Gasteiger partial charge < -0.3 is 9.47 Å². The highest BCUT2D eigenvalue weighted by Gasteiger charge is 2.11. The van der Waals surface area contributed by atoms with Crippen LogP contribution >= 0.6 is 11.6 Å². The number of benzene rings is 1. The molecule has 0 atom stereocenters. The summed E-state index contributed by atoms with van der Waals surface area (Å²) in [5.41, 5.74) is 0. The number of carbonyl (C=O) groups excluding carboxylic acids is 2. The Morgan fingerprint density at radius 2 is 1.59 bits per heavy atom. The molecule has 0 aliphatic heterocycles. The normalized spacial score (nSPS) is 10.9. The number of carbonyl (C=O) groups is 2. The lowest BCUT2D eigenvalue weighted by atomic mass is 10.1. The molecule has 1 aromatic carbocycles. The summed E-state index contributed by atoms with van der Waals surface area (Å²) in [6, 6.07) is 6.71. The minimum Gasteiger partial charge on any atom is -0.461 e. The van der Waals surface area contributed by atoms with Crippen LogP contribution in [0.15, 0.2) is 36.4 Å². The highest BCUT2D eigenvalue weighted by atomic mass is 35.5. The lowest BCUT2D eigenvalue weighted by Crippen LogP contribution is -2.12. The summed E-state index contributed by atoms with van der Waals surface area (Å²) in [6.07, 6.45) is 13.9. The summed E-state index contributed by atoms with van der Waals surface area (Å²) in [5.74, 6) is -0.618. The molecule has 0 unspecified atom stereocenters. The Bertz CT molecular complexity index is 583. The summed E-state index contributed by atoms with van der Waals surface area (Å²) in [7, 11) is 0. The number of allylic oxidation sites excluding steroid dienone is 1. The second-order valence-electron chi connectivity index (χ2n) is 6.47. The standard InChI is InChI=1S/C22H31ClO4/c1-2-3-4-5-6-7-8-9-10-13-18-26-21(24)16-17-22(25)27-20-15-12-11-14-19(20)23/h10-15H,2-9,16-18H2,1H3/b13-10+. The van der Waals surface area contributed by atoms with Crippen molar-refractivity contribution in [1.82, 2.24) is 0 Å². The van der Waals surface area contributed by atoms with E-state index < -0.39 is 11.9 Å². The van der Waals surface area contributed by atoms with Crippen LogP contribution in [0.4, 0.5) is 0 Å². The first-order chi connectivity index (χ1) is 13.1. The van der Waals surface area contributed by atoms with Crippen LogP contribution in [0.25, 0.3) is 0 Å². The molecule has 0 heterocycles. The van der Waals surface area contributed by atoms with Gasteiger partial charge in [-0.1, -0.05) is 81.3 Å². The average Bonchev–Trinajstić information content (AvgIpc) is 2.66. The Balaban J connectivity index is 2.02. The maximum Gasteiger partial charge on any atom is 0.311 e. The van der Waals surface area contributed by atoms with Crippen molar-refractivity contribution in [3.63, 3.8) is 0 Å². The van der Waals surface area contributed by atoms with E-state index in [0.29, 0.717) is 10.8 Å². The van der Waals surface area contributed by atoms with Crippen LogP contribution in [-0.4, -0.2) is 18.5 Å². The third kappa shape index (κ3) is 12.2. The van der Waals surface area contributed by atoms with Crippen LogP contribution in [0.1, 0.15) is 71.1 Å². The Hall–Kier alpha value is -1.81. The van der Waals surface area contributed by atoms with E-state index in [9.17, 15) is 9.59 Å². The third-order valence-corrected chi connectivity index (χ3v) is 4.39. The van der Waals surface area contributed by atoms with Crippen molar-refractivity contribution >= 4 is 23.5 Å². The molecule has 0 spiro atoms. The molecule has 150 valence electrons. The van der Waals surface area contributed by atoms with E-state index >= 15 is 0 Å². The van der Waals surface area contributed by atoms with Gasteiger partial charge in [0.2, 0.25) is 0 Å². The second-order valence-corrected chi connectivity index (χ2v) is 6.88. The first-order valence-corrected chi connectivity index (χ1v) is 10.3. The van der Waals surface area contributed by atoms with E-state index in [1.54, 1.807) is 24.3 Å². The summed E-state index contributed by atoms with van der Waals surface area (Å²) in [6.45, 7) is 2.47. The molecule has 0 saturated heterocycles. The first-order valence-electron chi connectivity index (χ1n) is 9.89. The van der Waals surface area contributed by atoms with Gasteiger partial charge in [-0.25, -0.2) is 0 Å². The molecule has 27 heavy (non-hydrogen) atoms. The number of unbranched alkanes of at least 4 members (excludes halogenated alkanes) is 7. The number of ether oxygens (including phenoxy) is 2. The molecule has 0 aliphatic rings. The molecule has 0 bridgehead atoms. The zero-order chi connectivity index (χ0) is 19.7. The number of esters is 2. The maximum absolute atomic E-state index is 11.7. The molecule has 0 saturated carbocycles. The van der Waals surface area contributed by atoms with Crippen molar-refractivity contribution in [1.29, 1.82) is 0 Å². The van der Waals surface area contributed by atoms with Crippen molar-refractivity contribution in [3.05, 3.63) is 41.4 Å². The molecule has 5 heteroatoms. The van der Waals surface area contributed by atoms with Gasteiger partial charge in [-0.3, -0.25) is 9.59 Å². The predicted molar refractivity (Wildman–Crippen MR) is 109 cm³/mol. The van der Waals surface area contributed by atoms with E-state index in [-0.39, 0.29) is 19.4 Å². The van der Waals surface area contributed by atoms with Gasteiger partial charge >= 0.3 is 11.9 Å². The van der Waals surface area contributed by atoms with Gasteiger partial charge in [0.25, 0.3) is 0 Å². The average molecular weight is 395 g/mol. The first kappa shape index (κ1) is 23.2. The highest BCUT2D eigenvalue weighted by Crippen LogP contribution is 2.23. The monoisotopic (exact) mass is 394 g/mol. The topological polar surface area (TPSA) is 52.6 Å². The van der Waals surface area contributed by atoms with Crippen molar-refractivity contribution in [2.24, 2.45) is 0 Å². The SMILES string of the molecule is CCCCCCCCC/C=C/COC(=O)CCC(=O)Oc1ccccc1Cl. The van der Waals surface area contributed by atoms with Gasteiger partial charge in [0.15, 0.2) is 0 Å². The summed E-state index contributed by atoms with van der Waals surface area (Å²) in [5, 5.41) is 0.361. The number of rotatable bonds is 14. The number of hydrogen-bond acceptors (Lipinski definition) is 4. The van der Waals surface area contributed by atoms with Gasteiger partial charge in [-0.2, -0.15) is 0 Å². The van der Waals surface area contributed by atoms with E-state index in [1.165, 1.54) is 44.9 Å². The Morgan fingerprint density at radius 1 is 0.926 bits per heavy atom. The van der Waals surface area contributed by atoms with Crippen molar-refractivity contribution < 1.29 is 19.1 Å². The molecule has 1 rings (SSSR count). The van der Waals surface area contributed by atoms with Crippen LogP contribution in [0.3, 0.4) is 0 Å². The summed E-state index contributed by atoms with van der Waals surface area (Å²) in [4.78, 5) is 23.4. The summed E-state index contributed by atoms with van der Waals surface area (Å²) >= 11 is 5.91. The van der Waals surface area contributed by atoms with E-state index in [1.807, 2.05) is 12.2 Å². The molecule has 0 amide bonds. The van der Waals surface area contributed by atoms with Crippen molar-refractivity contribution in [2.75, 3.05) is 6.61 Å². The minimum atomic E-state index is -0.505. The molecule has 0 aliphatic carbocycles. The number of hydrogen-bond donors (Lipinski definition) is 0. The zero-order valence-electron chi connectivity index (χ0n) is 16.3. The van der Waals surface area contributed by atoms with Crippen LogP contribution in [0.2, 0.25) is 5.02 Å². The lowest BCUT2D eigenvalue weighted by molar-refractivity contribution is -0.145. The molecule has 0 radical (unpaired) electrons. The van der Waals surface area contributed by atoms with Gasteiger partial charge in [-0.05, 0) is 25.0 Å². The number of para-hydroxylation sites is 1. The van der Waals surface area contributed by atoms with Crippen LogP contribution in [-0.2, 0) is 14.3 Å². The van der Waals surface area contributed by atoms with Crippen LogP contribution in [0, 0.1) is 0 Å². The fraction of sp³-hybridized carbons (Fsp3) is 0.545. The fourth-order valence-corrected chi connectivity index (χ4v) is 2.70. The fourth-order valence-electron chi connectivity index (χ4n) is 2.52. The minimum absolute atomic E-state index is 0.00507. The van der Waals surface area contributed by atoms with Crippen molar-refractivity contribution in [3.8, 4) is 5.75 Å². The second kappa shape index (κ2) is 15.3. The van der Waals surface area contributed by atoms with Crippen molar-refractivity contribution in [2.45, 2.75) is 71.1 Å². The summed E-state index contributed by atoms with van der Waals surface area (Å²) < 4.78 is 10.2. The lowest BCUT2D eigenvalue weighted by Gasteiger charge is -2.05. The largest absolute Gasteiger partial charge is 0.461 e. The number of halogens is 1. The quantitative estimate of drug-likeness (QED) is 0.161. The predicted octanol–water partition coefficient (Wildman–Crippen LogP) is 6.27. The van der Waals surface area contributed by atoms with Crippen LogP contribution in [0.5, 0.6) is 5.75 Å². The van der Waals surface area contributed by atoms with Gasteiger partial charge in [0, 0.05) is 0 Å².